The van der Waals surface area contributed by atoms with Crippen LogP contribution in [-0.4, -0.2) is 80.1 Å². The van der Waals surface area contributed by atoms with Crippen LogP contribution in [0, 0.1) is 5.92 Å². The Hall–Kier alpha value is -0.570. The molecule has 158 valence electrons. The SMILES string of the molecule is CCNC(=NCC1CCCN(C)C1)N1CCN(Cc2cccc(Cl)c2)CC1.I. The number of likely N-dealkylation sites (tertiary alicyclic amines) is 1. The van der Waals surface area contributed by atoms with Crippen molar-refractivity contribution in [2.45, 2.75) is 26.3 Å². The Kier molecular flexibility index (Phi) is 10.3. The van der Waals surface area contributed by atoms with Gasteiger partial charge in [-0.1, -0.05) is 23.7 Å². The summed E-state index contributed by atoms with van der Waals surface area (Å²) in [5.41, 5.74) is 1.29. The standard InChI is InChI=1S/C21H34ClN5.HI/c1-3-23-21(24-15-19-7-5-9-25(2)16-19)27-12-10-26(11-13-27)17-18-6-4-8-20(22)14-18;/h4,6,8,14,19H,3,5,7,9-13,15-17H2,1-2H3,(H,23,24);1H. The Labute approximate surface area is 192 Å². The minimum Gasteiger partial charge on any atom is -0.357 e. The molecule has 2 heterocycles. The molecule has 0 saturated carbocycles. The Morgan fingerprint density at radius 1 is 1.21 bits per heavy atom. The molecule has 0 bridgehead atoms. The largest absolute Gasteiger partial charge is 0.357 e. The van der Waals surface area contributed by atoms with Crippen molar-refractivity contribution in [3.05, 3.63) is 34.9 Å². The number of benzene rings is 1. The topological polar surface area (TPSA) is 34.1 Å². The van der Waals surface area contributed by atoms with Crippen LogP contribution in [0.3, 0.4) is 0 Å². The maximum Gasteiger partial charge on any atom is 0.194 e. The molecule has 1 aromatic carbocycles. The molecular weight excluding hydrogens is 485 g/mol. The summed E-state index contributed by atoms with van der Waals surface area (Å²) < 4.78 is 0. The summed E-state index contributed by atoms with van der Waals surface area (Å²) in [4.78, 5) is 12.3. The van der Waals surface area contributed by atoms with E-state index in [9.17, 15) is 0 Å². The lowest BCUT2D eigenvalue weighted by atomic mass is 9.99. The van der Waals surface area contributed by atoms with E-state index in [1.807, 2.05) is 12.1 Å². The molecular formula is C21H35ClIN5. The van der Waals surface area contributed by atoms with Gasteiger partial charge in [-0.2, -0.15) is 0 Å². The number of piperidine rings is 1. The van der Waals surface area contributed by atoms with Crippen LogP contribution in [0.2, 0.25) is 5.02 Å². The number of rotatable bonds is 5. The lowest BCUT2D eigenvalue weighted by Crippen LogP contribution is -2.52. The summed E-state index contributed by atoms with van der Waals surface area (Å²) in [6.07, 6.45) is 2.61. The molecule has 28 heavy (non-hydrogen) atoms. The van der Waals surface area contributed by atoms with Crippen molar-refractivity contribution in [2.24, 2.45) is 10.9 Å². The van der Waals surface area contributed by atoms with Crippen LogP contribution in [0.15, 0.2) is 29.3 Å². The summed E-state index contributed by atoms with van der Waals surface area (Å²) in [6.45, 7) is 11.6. The van der Waals surface area contributed by atoms with Gasteiger partial charge in [0.15, 0.2) is 5.96 Å². The van der Waals surface area contributed by atoms with Crippen molar-refractivity contribution in [1.82, 2.24) is 20.0 Å². The highest BCUT2D eigenvalue weighted by Crippen LogP contribution is 2.16. The van der Waals surface area contributed by atoms with Gasteiger partial charge in [-0.25, -0.2) is 0 Å². The van der Waals surface area contributed by atoms with Crippen molar-refractivity contribution < 1.29 is 0 Å². The molecule has 7 heteroatoms. The van der Waals surface area contributed by atoms with Gasteiger partial charge in [-0.3, -0.25) is 9.89 Å². The monoisotopic (exact) mass is 519 g/mol. The Morgan fingerprint density at radius 2 is 2.00 bits per heavy atom. The number of aliphatic imine (C=N–C) groups is 1. The molecule has 2 aliphatic heterocycles. The normalized spacial score (nSPS) is 22.0. The molecule has 0 amide bonds. The quantitative estimate of drug-likeness (QED) is 0.367. The van der Waals surface area contributed by atoms with Crippen molar-refractivity contribution in [2.75, 3.05) is 59.4 Å². The van der Waals surface area contributed by atoms with Crippen molar-refractivity contribution >= 4 is 41.5 Å². The van der Waals surface area contributed by atoms with E-state index in [4.69, 9.17) is 16.6 Å². The zero-order chi connectivity index (χ0) is 19.1. The second kappa shape index (κ2) is 12.2. The van der Waals surface area contributed by atoms with Gasteiger partial charge in [0.2, 0.25) is 0 Å². The molecule has 1 N–H and O–H groups in total. The van der Waals surface area contributed by atoms with Gasteiger partial charge in [0.05, 0.1) is 0 Å². The first-order chi connectivity index (χ1) is 13.1. The molecule has 2 saturated heterocycles. The molecule has 5 nitrogen and oxygen atoms in total. The Bertz CT molecular complexity index is 619. The highest BCUT2D eigenvalue weighted by Gasteiger charge is 2.21. The zero-order valence-corrected chi connectivity index (χ0v) is 20.3. The van der Waals surface area contributed by atoms with E-state index >= 15 is 0 Å². The fourth-order valence-corrected chi connectivity index (χ4v) is 4.29. The van der Waals surface area contributed by atoms with Crippen molar-refractivity contribution in [3.63, 3.8) is 0 Å². The lowest BCUT2D eigenvalue weighted by molar-refractivity contribution is 0.171. The maximum atomic E-state index is 6.12. The fraction of sp³-hybridized carbons (Fsp3) is 0.667. The number of nitrogens with zero attached hydrogens (tertiary/aromatic N) is 4. The predicted octanol–water partition coefficient (Wildman–Crippen LogP) is 3.38. The van der Waals surface area contributed by atoms with E-state index in [-0.39, 0.29) is 24.0 Å². The van der Waals surface area contributed by atoms with E-state index in [0.717, 1.165) is 56.8 Å². The van der Waals surface area contributed by atoms with Crippen LogP contribution in [0.5, 0.6) is 0 Å². The minimum atomic E-state index is 0. The first-order valence-corrected chi connectivity index (χ1v) is 10.7. The van der Waals surface area contributed by atoms with E-state index in [0.29, 0.717) is 5.92 Å². The molecule has 0 aromatic heterocycles. The van der Waals surface area contributed by atoms with Crippen LogP contribution in [-0.2, 0) is 6.54 Å². The smallest absolute Gasteiger partial charge is 0.194 e. The van der Waals surface area contributed by atoms with Gasteiger partial charge >= 0.3 is 0 Å². The van der Waals surface area contributed by atoms with Gasteiger partial charge < -0.3 is 15.1 Å². The highest BCUT2D eigenvalue weighted by atomic mass is 127. The van der Waals surface area contributed by atoms with Crippen LogP contribution in [0.4, 0.5) is 0 Å². The van der Waals surface area contributed by atoms with E-state index in [2.05, 4.69) is 46.1 Å². The third-order valence-corrected chi connectivity index (χ3v) is 5.76. The molecule has 2 fully saturated rings. The van der Waals surface area contributed by atoms with Gasteiger partial charge in [-0.15, -0.1) is 24.0 Å². The van der Waals surface area contributed by atoms with Gasteiger partial charge in [0, 0.05) is 57.4 Å². The second-order valence-corrected chi connectivity index (χ2v) is 8.29. The van der Waals surface area contributed by atoms with E-state index in [1.165, 1.54) is 31.5 Å². The molecule has 3 rings (SSSR count). The summed E-state index contributed by atoms with van der Waals surface area (Å²) >= 11 is 6.12. The minimum absolute atomic E-state index is 0. The molecule has 0 spiro atoms. The summed E-state index contributed by atoms with van der Waals surface area (Å²) in [7, 11) is 2.22. The number of hydrogen-bond donors (Lipinski definition) is 1. The third kappa shape index (κ3) is 7.35. The average molecular weight is 520 g/mol. The summed E-state index contributed by atoms with van der Waals surface area (Å²) in [5.74, 6) is 1.79. The summed E-state index contributed by atoms with van der Waals surface area (Å²) in [6, 6.07) is 8.20. The van der Waals surface area contributed by atoms with Gasteiger partial charge in [-0.05, 0) is 57.0 Å². The second-order valence-electron chi connectivity index (χ2n) is 7.86. The zero-order valence-electron chi connectivity index (χ0n) is 17.2. The fourth-order valence-electron chi connectivity index (χ4n) is 4.07. The first kappa shape index (κ1) is 23.7. The van der Waals surface area contributed by atoms with Crippen LogP contribution in [0.25, 0.3) is 0 Å². The van der Waals surface area contributed by atoms with Crippen LogP contribution < -0.4 is 5.32 Å². The molecule has 1 aromatic rings. The third-order valence-electron chi connectivity index (χ3n) is 5.52. The summed E-state index contributed by atoms with van der Waals surface area (Å²) in [5, 5.41) is 4.32. The highest BCUT2D eigenvalue weighted by molar-refractivity contribution is 14.0. The van der Waals surface area contributed by atoms with E-state index < -0.39 is 0 Å². The van der Waals surface area contributed by atoms with Crippen molar-refractivity contribution in [1.29, 1.82) is 0 Å². The molecule has 1 atom stereocenters. The number of nitrogens with one attached hydrogen (secondary N) is 1. The number of hydrogen-bond acceptors (Lipinski definition) is 3. The van der Waals surface area contributed by atoms with Crippen LogP contribution >= 0.6 is 35.6 Å². The first-order valence-electron chi connectivity index (χ1n) is 10.3. The molecule has 1 unspecified atom stereocenters. The number of halogens is 2. The molecule has 0 aliphatic carbocycles. The Balaban J connectivity index is 0.00000280. The molecule has 2 aliphatic rings. The molecule has 0 radical (unpaired) electrons. The van der Waals surface area contributed by atoms with Gasteiger partial charge in [0.25, 0.3) is 0 Å². The van der Waals surface area contributed by atoms with Gasteiger partial charge in [0.1, 0.15) is 0 Å². The van der Waals surface area contributed by atoms with Crippen LogP contribution in [0.1, 0.15) is 25.3 Å². The maximum absolute atomic E-state index is 6.12. The number of guanidine groups is 1. The van der Waals surface area contributed by atoms with Crippen molar-refractivity contribution in [3.8, 4) is 0 Å². The predicted molar refractivity (Wildman–Crippen MR) is 130 cm³/mol. The van der Waals surface area contributed by atoms with E-state index in [1.54, 1.807) is 0 Å². The lowest BCUT2D eigenvalue weighted by Gasteiger charge is -2.37. The average Bonchev–Trinajstić information content (AvgIpc) is 2.66. The Morgan fingerprint density at radius 3 is 2.68 bits per heavy atom. The number of piperazine rings is 1.